The van der Waals surface area contributed by atoms with E-state index in [1.54, 1.807) is 19.1 Å². The quantitative estimate of drug-likeness (QED) is 0.625. The number of nitro groups is 1. The second-order valence-corrected chi connectivity index (χ2v) is 5.84. The minimum Gasteiger partial charge on any atom is -0.304 e. The van der Waals surface area contributed by atoms with Gasteiger partial charge in [-0.2, -0.15) is 0 Å². The number of nitro benzene ring substituents is 1. The van der Waals surface area contributed by atoms with E-state index in [9.17, 15) is 10.1 Å². The average Bonchev–Trinajstić information content (AvgIpc) is 2.47. The molecule has 5 heteroatoms. The van der Waals surface area contributed by atoms with Crippen LogP contribution in [0.2, 0.25) is 5.02 Å². The van der Waals surface area contributed by atoms with E-state index in [-0.39, 0.29) is 22.7 Å². The number of hydrogen-bond acceptors (Lipinski definition) is 3. The maximum Gasteiger partial charge on any atom is 0.272 e. The Hall–Kier alpha value is -1.91. The van der Waals surface area contributed by atoms with E-state index in [1.165, 1.54) is 0 Å². The van der Waals surface area contributed by atoms with E-state index in [4.69, 9.17) is 11.6 Å². The first kappa shape index (κ1) is 16.5. The van der Waals surface area contributed by atoms with Crippen LogP contribution in [0.1, 0.15) is 42.6 Å². The summed E-state index contributed by atoms with van der Waals surface area (Å²) < 4.78 is 0. The van der Waals surface area contributed by atoms with E-state index >= 15 is 0 Å². The maximum absolute atomic E-state index is 11.1. The van der Waals surface area contributed by atoms with Crippen LogP contribution in [0.3, 0.4) is 0 Å². The fraction of sp³-hybridized carbons (Fsp3) is 0.294. The first-order valence-electron chi connectivity index (χ1n) is 7.15. The lowest BCUT2D eigenvalue weighted by Gasteiger charge is -2.21. The highest BCUT2D eigenvalue weighted by Crippen LogP contribution is 2.27. The molecule has 4 nitrogen and oxygen atoms in total. The van der Waals surface area contributed by atoms with Crippen molar-refractivity contribution in [1.29, 1.82) is 0 Å². The van der Waals surface area contributed by atoms with Crippen LogP contribution >= 0.6 is 11.6 Å². The van der Waals surface area contributed by atoms with Crippen LogP contribution in [0.5, 0.6) is 0 Å². The second kappa shape index (κ2) is 6.90. The van der Waals surface area contributed by atoms with Crippen molar-refractivity contribution in [2.75, 3.05) is 0 Å². The molecule has 0 radical (unpaired) electrons. The SMILES string of the molecule is Cc1ccc(C(C)NC(C)c2ccccc2Cl)cc1[N+](=O)[O-]. The Morgan fingerprint density at radius 3 is 2.45 bits per heavy atom. The number of aryl methyl sites for hydroxylation is 1. The highest BCUT2D eigenvalue weighted by molar-refractivity contribution is 6.31. The third-order valence-electron chi connectivity index (χ3n) is 3.80. The van der Waals surface area contributed by atoms with E-state index in [0.717, 1.165) is 11.1 Å². The molecule has 0 heterocycles. The van der Waals surface area contributed by atoms with E-state index in [1.807, 2.05) is 44.2 Å². The van der Waals surface area contributed by atoms with Crippen LogP contribution in [0.25, 0.3) is 0 Å². The predicted molar refractivity (Wildman–Crippen MR) is 89.3 cm³/mol. The Labute approximate surface area is 135 Å². The molecule has 0 saturated heterocycles. The standard InChI is InChI=1S/C17H19ClN2O2/c1-11-8-9-14(10-17(11)20(21)22)12(2)19-13(3)15-6-4-5-7-16(15)18/h4-10,12-13,19H,1-3H3. The molecule has 2 rings (SSSR count). The minimum absolute atomic E-state index is 0.0226. The van der Waals surface area contributed by atoms with Gasteiger partial charge in [-0.1, -0.05) is 41.9 Å². The fourth-order valence-electron chi connectivity index (χ4n) is 2.48. The fourth-order valence-corrected chi connectivity index (χ4v) is 2.78. The molecule has 0 saturated carbocycles. The molecule has 0 spiro atoms. The lowest BCUT2D eigenvalue weighted by atomic mass is 10.0. The Morgan fingerprint density at radius 2 is 1.82 bits per heavy atom. The Kier molecular flexibility index (Phi) is 5.16. The molecule has 0 aliphatic heterocycles. The van der Waals surface area contributed by atoms with Gasteiger partial charge >= 0.3 is 0 Å². The van der Waals surface area contributed by atoms with Gasteiger partial charge < -0.3 is 5.32 Å². The summed E-state index contributed by atoms with van der Waals surface area (Å²) in [4.78, 5) is 10.7. The summed E-state index contributed by atoms with van der Waals surface area (Å²) in [7, 11) is 0. The first-order chi connectivity index (χ1) is 10.4. The second-order valence-electron chi connectivity index (χ2n) is 5.43. The summed E-state index contributed by atoms with van der Waals surface area (Å²) in [6.45, 7) is 5.76. The van der Waals surface area contributed by atoms with E-state index < -0.39 is 0 Å². The molecule has 116 valence electrons. The lowest BCUT2D eigenvalue weighted by Crippen LogP contribution is -2.22. The molecule has 0 aliphatic rings. The molecule has 2 unspecified atom stereocenters. The molecule has 2 aromatic carbocycles. The molecule has 0 bridgehead atoms. The van der Waals surface area contributed by atoms with Gasteiger partial charge in [-0.15, -0.1) is 0 Å². The summed E-state index contributed by atoms with van der Waals surface area (Å²) in [5.41, 5.74) is 2.71. The summed E-state index contributed by atoms with van der Waals surface area (Å²) >= 11 is 6.21. The normalized spacial score (nSPS) is 13.6. The zero-order valence-electron chi connectivity index (χ0n) is 12.8. The van der Waals surface area contributed by atoms with Crippen molar-refractivity contribution in [3.8, 4) is 0 Å². The minimum atomic E-state index is -0.344. The van der Waals surface area contributed by atoms with Crippen molar-refractivity contribution in [2.24, 2.45) is 0 Å². The molecule has 0 amide bonds. The number of nitrogens with one attached hydrogen (secondary N) is 1. The van der Waals surface area contributed by atoms with Crippen LogP contribution in [0, 0.1) is 17.0 Å². The van der Waals surface area contributed by atoms with Gasteiger partial charge in [0.25, 0.3) is 5.69 Å². The van der Waals surface area contributed by atoms with Crippen LogP contribution in [-0.2, 0) is 0 Å². The topological polar surface area (TPSA) is 55.2 Å². The summed E-state index contributed by atoms with van der Waals surface area (Å²) in [6.07, 6.45) is 0. The van der Waals surface area contributed by atoms with Crippen LogP contribution in [0.15, 0.2) is 42.5 Å². The van der Waals surface area contributed by atoms with Gasteiger partial charge in [0.2, 0.25) is 0 Å². The van der Waals surface area contributed by atoms with Gasteiger partial charge in [0.1, 0.15) is 0 Å². The van der Waals surface area contributed by atoms with Gasteiger partial charge in [0, 0.05) is 28.7 Å². The molecule has 0 fully saturated rings. The largest absolute Gasteiger partial charge is 0.304 e. The van der Waals surface area contributed by atoms with Crippen molar-refractivity contribution >= 4 is 17.3 Å². The summed E-state index contributed by atoms with van der Waals surface area (Å²) in [5, 5.41) is 15.2. The molecular weight excluding hydrogens is 300 g/mol. The smallest absolute Gasteiger partial charge is 0.272 e. The number of benzene rings is 2. The summed E-state index contributed by atoms with van der Waals surface area (Å²) in [6, 6.07) is 13.0. The zero-order chi connectivity index (χ0) is 16.3. The van der Waals surface area contributed by atoms with Gasteiger partial charge in [-0.25, -0.2) is 0 Å². The Bertz CT molecular complexity index is 688. The van der Waals surface area contributed by atoms with Crippen molar-refractivity contribution < 1.29 is 4.92 Å². The third kappa shape index (κ3) is 3.64. The van der Waals surface area contributed by atoms with E-state index in [0.29, 0.717) is 10.6 Å². The molecule has 22 heavy (non-hydrogen) atoms. The monoisotopic (exact) mass is 318 g/mol. The third-order valence-corrected chi connectivity index (χ3v) is 4.15. The number of nitrogens with zero attached hydrogens (tertiary/aromatic N) is 1. The van der Waals surface area contributed by atoms with Crippen molar-refractivity contribution in [2.45, 2.75) is 32.9 Å². The molecule has 1 N–H and O–H groups in total. The molecule has 2 aromatic rings. The van der Waals surface area contributed by atoms with E-state index in [2.05, 4.69) is 5.32 Å². The zero-order valence-corrected chi connectivity index (χ0v) is 13.6. The molecule has 2 atom stereocenters. The van der Waals surface area contributed by atoms with Gasteiger partial charge in [-0.05, 0) is 38.0 Å². The van der Waals surface area contributed by atoms with Crippen LogP contribution < -0.4 is 5.32 Å². The molecular formula is C17H19ClN2O2. The number of hydrogen-bond donors (Lipinski definition) is 1. The Morgan fingerprint density at radius 1 is 1.14 bits per heavy atom. The van der Waals surface area contributed by atoms with Crippen molar-refractivity contribution in [1.82, 2.24) is 5.32 Å². The maximum atomic E-state index is 11.1. The number of rotatable bonds is 5. The molecule has 0 aromatic heterocycles. The lowest BCUT2D eigenvalue weighted by molar-refractivity contribution is -0.385. The molecule has 0 aliphatic carbocycles. The van der Waals surface area contributed by atoms with Crippen LogP contribution in [-0.4, -0.2) is 4.92 Å². The van der Waals surface area contributed by atoms with Gasteiger partial charge in [0.05, 0.1) is 4.92 Å². The average molecular weight is 319 g/mol. The van der Waals surface area contributed by atoms with Gasteiger partial charge in [-0.3, -0.25) is 10.1 Å². The Balaban J connectivity index is 2.19. The first-order valence-corrected chi connectivity index (χ1v) is 7.53. The van der Waals surface area contributed by atoms with Crippen molar-refractivity contribution in [3.05, 3.63) is 74.3 Å². The van der Waals surface area contributed by atoms with Crippen LogP contribution in [0.4, 0.5) is 5.69 Å². The van der Waals surface area contributed by atoms with Gasteiger partial charge in [0.15, 0.2) is 0 Å². The van der Waals surface area contributed by atoms with Crippen molar-refractivity contribution in [3.63, 3.8) is 0 Å². The summed E-state index contributed by atoms with van der Waals surface area (Å²) in [5.74, 6) is 0. The highest BCUT2D eigenvalue weighted by Gasteiger charge is 2.17. The number of halogens is 1. The predicted octanol–water partition coefficient (Wildman–Crippen LogP) is 4.97. The highest BCUT2D eigenvalue weighted by atomic mass is 35.5.